The van der Waals surface area contributed by atoms with Crippen molar-refractivity contribution in [1.82, 2.24) is 41.5 Å². The van der Waals surface area contributed by atoms with Crippen LogP contribution >= 0.6 is 11.8 Å². The van der Waals surface area contributed by atoms with E-state index in [4.69, 9.17) is 11.5 Å². The number of aliphatic carboxylic acids is 1. The summed E-state index contributed by atoms with van der Waals surface area (Å²) in [5.41, 5.74) is 13.6. The van der Waals surface area contributed by atoms with Crippen LogP contribution in [0.2, 0.25) is 0 Å². The summed E-state index contributed by atoms with van der Waals surface area (Å²) in [6, 6.07) is 1.01. The summed E-state index contributed by atoms with van der Waals surface area (Å²) >= 11 is 1.39. The Labute approximate surface area is 302 Å². The Morgan fingerprint density at radius 3 is 2.19 bits per heavy atom. The van der Waals surface area contributed by atoms with Crippen LogP contribution in [0.3, 0.4) is 0 Å². The number of para-hydroxylation sites is 1. The Morgan fingerprint density at radius 2 is 1.54 bits per heavy atom. The number of carboxylic acid groups (broad SMARTS) is 1. The number of benzene rings is 1. The molecule has 20 heteroatoms. The fraction of sp³-hybridized carbons (Fsp3) is 0.438. The molecule has 0 bridgehead atoms. The molecule has 2 heterocycles. The first kappa shape index (κ1) is 41.0. The van der Waals surface area contributed by atoms with E-state index in [1.807, 2.05) is 24.3 Å². The number of fused-ring (bicyclic) bond motifs is 1. The number of carbonyl (C=O) groups is 7. The van der Waals surface area contributed by atoms with Crippen molar-refractivity contribution in [2.45, 2.75) is 62.3 Å². The molecule has 52 heavy (non-hydrogen) atoms. The lowest BCUT2D eigenvalue weighted by Crippen LogP contribution is -2.57. The van der Waals surface area contributed by atoms with Crippen LogP contribution in [-0.2, 0) is 46.4 Å². The molecule has 282 valence electrons. The number of hydrogen-bond donors (Lipinski definition) is 11. The Kier molecular flexibility index (Phi) is 16.1. The van der Waals surface area contributed by atoms with Crippen LogP contribution in [-0.4, -0.2) is 122 Å². The van der Waals surface area contributed by atoms with Crippen LogP contribution < -0.4 is 38.1 Å². The third-order valence-corrected chi connectivity index (χ3v) is 8.50. The van der Waals surface area contributed by atoms with Crippen molar-refractivity contribution in [2.75, 3.05) is 25.2 Å². The smallest absolute Gasteiger partial charge is 0.328 e. The number of aliphatic hydroxyl groups excluding tert-OH is 1. The number of H-pyrrole nitrogens is 2. The molecule has 0 spiro atoms. The Morgan fingerprint density at radius 1 is 0.865 bits per heavy atom. The average molecular weight is 745 g/mol. The molecule has 0 aliphatic heterocycles. The Hall–Kier alpha value is -5.47. The lowest BCUT2D eigenvalue weighted by molar-refractivity contribution is -0.143. The number of aromatic nitrogens is 3. The second kappa shape index (κ2) is 20.4. The predicted octanol–water partition coefficient (Wildman–Crippen LogP) is -2.85. The first-order valence-electron chi connectivity index (χ1n) is 16.2. The number of hydrogen-bond acceptors (Lipinski definition) is 11. The molecule has 1 aromatic carbocycles. The van der Waals surface area contributed by atoms with Gasteiger partial charge in [0.2, 0.25) is 35.4 Å². The molecule has 3 rings (SSSR count). The summed E-state index contributed by atoms with van der Waals surface area (Å²) in [5, 5.41) is 31.5. The standard InChI is InChI=1S/C32H44N10O9S/c1-52-9-8-23(29(47)37-14-27(45)39-24(11-18-13-35-16-38-18)31(49)42-25(15-43)32(50)51)41-30(48)22(6-7-26(34)44)40-28(46)20(33)10-17-12-36-21-5-3-2-4-19(17)21/h2-5,12-13,16,20,22-25,36,43H,6-11,14-15,33H2,1H3,(H2,34,44)(H,35,38)(H,37,47)(H,39,45)(H,40,46)(H,41,48)(H,42,49)(H,50,51)/t20-,22-,23+,24+,25+/m1/s1. The van der Waals surface area contributed by atoms with E-state index in [9.17, 15) is 43.8 Å². The van der Waals surface area contributed by atoms with Gasteiger partial charge in [0, 0.05) is 41.8 Å². The molecule has 0 aliphatic carbocycles. The van der Waals surface area contributed by atoms with Gasteiger partial charge < -0.3 is 58.2 Å². The number of carbonyl (C=O) groups excluding carboxylic acids is 6. The lowest BCUT2D eigenvalue weighted by atomic mass is 10.0. The average Bonchev–Trinajstić information content (AvgIpc) is 3.79. The highest BCUT2D eigenvalue weighted by atomic mass is 32.2. The zero-order valence-corrected chi connectivity index (χ0v) is 29.2. The van der Waals surface area contributed by atoms with Gasteiger partial charge in [-0.1, -0.05) is 18.2 Å². The van der Waals surface area contributed by atoms with Gasteiger partial charge in [-0.05, 0) is 42.9 Å². The SMILES string of the molecule is CSCC[C@H](NC(=O)[C@@H](CCC(N)=O)NC(=O)[C@H](N)Cc1c[nH]c2ccccc12)C(=O)NCC(=O)N[C@@H](Cc1cnc[nH]1)C(=O)N[C@@H](CO)C(=O)O. The van der Waals surface area contributed by atoms with Crippen LogP contribution in [0.5, 0.6) is 0 Å². The Balaban J connectivity index is 1.65. The fourth-order valence-corrected chi connectivity index (χ4v) is 5.53. The minimum absolute atomic E-state index is 0.125. The summed E-state index contributed by atoms with van der Waals surface area (Å²) < 4.78 is 0. The topological polar surface area (TPSA) is 317 Å². The molecule has 0 saturated carbocycles. The van der Waals surface area contributed by atoms with Gasteiger partial charge in [0.1, 0.15) is 24.2 Å². The highest BCUT2D eigenvalue weighted by molar-refractivity contribution is 7.98. The van der Waals surface area contributed by atoms with Gasteiger partial charge in [-0.3, -0.25) is 28.8 Å². The molecule has 0 saturated heterocycles. The molecule has 5 atom stereocenters. The van der Waals surface area contributed by atoms with Crippen molar-refractivity contribution in [1.29, 1.82) is 0 Å². The van der Waals surface area contributed by atoms with Gasteiger partial charge in [-0.25, -0.2) is 9.78 Å². The number of carboxylic acids is 1. The normalized spacial score (nSPS) is 13.9. The molecule has 2 aromatic heterocycles. The molecule has 6 amide bonds. The molecular weight excluding hydrogens is 700 g/mol. The van der Waals surface area contributed by atoms with E-state index < -0.39 is 84.8 Å². The van der Waals surface area contributed by atoms with E-state index in [-0.39, 0.29) is 32.1 Å². The van der Waals surface area contributed by atoms with Gasteiger partial charge in [-0.15, -0.1) is 0 Å². The van der Waals surface area contributed by atoms with Gasteiger partial charge in [0.15, 0.2) is 0 Å². The largest absolute Gasteiger partial charge is 0.480 e. The van der Waals surface area contributed by atoms with Crippen molar-refractivity contribution < 1.29 is 43.8 Å². The van der Waals surface area contributed by atoms with Crippen LogP contribution in [0.4, 0.5) is 0 Å². The second-order valence-electron chi connectivity index (χ2n) is 11.8. The van der Waals surface area contributed by atoms with Crippen LogP contribution in [0.1, 0.15) is 30.5 Å². The number of imidazole rings is 1. The minimum atomic E-state index is -1.62. The van der Waals surface area contributed by atoms with E-state index in [2.05, 4.69) is 41.5 Å². The number of nitrogens with two attached hydrogens (primary N) is 2. The molecule has 13 N–H and O–H groups in total. The Bertz CT molecular complexity index is 1700. The molecule has 0 unspecified atom stereocenters. The highest BCUT2D eigenvalue weighted by Gasteiger charge is 2.30. The summed E-state index contributed by atoms with van der Waals surface area (Å²) in [6.45, 7) is -1.53. The first-order chi connectivity index (χ1) is 24.8. The molecule has 0 fully saturated rings. The van der Waals surface area contributed by atoms with E-state index in [0.29, 0.717) is 11.4 Å². The third-order valence-electron chi connectivity index (χ3n) is 7.86. The number of nitrogens with one attached hydrogen (secondary N) is 7. The first-order valence-corrected chi connectivity index (χ1v) is 17.6. The van der Waals surface area contributed by atoms with Crippen LogP contribution in [0.15, 0.2) is 43.0 Å². The van der Waals surface area contributed by atoms with Crippen molar-refractivity contribution in [3.63, 3.8) is 0 Å². The third kappa shape index (κ3) is 12.7. The fourth-order valence-electron chi connectivity index (χ4n) is 5.06. The molecule has 3 aromatic rings. The van der Waals surface area contributed by atoms with Crippen LogP contribution in [0, 0.1) is 0 Å². The van der Waals surface area contributed by atoms with Crippen molar-refractivity contribution >= 4 is 64.1 Å². The van der Waals surface area contributed by atoms with E-state index >= 15 is 0 Å². The van der Waals surface area contributed by atoms with Crippen LogP contribution in [0.25, 0.3) is 10.9 Å². The number of thioether (sulfide) groups is 1. The van der Waals surface area contributed by atoms with Crippen molar-refractivity contribution in [3.05, 3.63) is 54.2 Å². The number of nitrogens with zero attached hydrogens (tertiary/aromatic N) is 1. The molecule has 0 radical (unpaired) electrons. The van der Waals surface area contributed by atoms with E-state index in [1.54, 1.807) is 12.5 Å². The predicted molar refractivity (Wildman–Crippen MR) is 189 cm³/mol. The van der Waals surface area contributed by atoms with Gasteiger partial charge >= 0.3 is 5.97 Å². The molecular formula is C32H44N10O9S. The van der Waals surface area contributed by atoms with Gasteiger partial charge in [-0.2, -0.15) is 11.8 Å². The molecule has 19 nitrogen and oxygen atoms in total. The maximum atomic E-state index is 13.5. The number of amides is 6. The highest BCUT2D eigenvalue weighted by Crippen LogP contribution is 2.19. The second-order valence-corrected chi connectivity index (χ2v) is 12.8. The maximum absolute atomic E-state index is 13.5. The number of aliphatic hydroxyl groups is 1. The van der Waals surface area contributed by atoms with Crippen molar-refractivity contribution in [2.24, 2.45) is 11.5 Å². The lowest BCUT2D eigenvalue weighted by Gasteiger charge is -2.24. The molecule has 0 aliphatic rings. The van der Waals surface area contributed by atoms with Gasteiger partial charge in [0.25, 0.3) is 0 Å². The minimum Gasteiger partial charge on any atom is -0.480 e. The summed E-state index contributed by atoms with van der Waals surface area (Å²) in [4.78, 5) is 98.1. The number of aromatic amines is 2. The number of primary amides is 1. The zero-order valence-electron chi connectivity index (χ0n) is 28.3. The summed E-state index contributed by atoms with van der Waals surface area (Å²) in [5.74, 6) is -5.73. The zero-order chi connectivity index (χ0) is 38.2. The summed E-state index contributed by atoms with van der Waals surface area (Å²) in [6.07, 6.45) is 5.97. The quantitative estimate of drug-likeness (QED) is 0.0496. The maximum Gasteiger partial charge on any atom is 0.328 e. The van der Waals surface area contributed by atoms with E-state index in [0.717, 1.165) is 16.5 Å². The van der Waals surface area contributed by atoms with Gasteiger partial charge in [0.05, 0.1) is 25.5 Å². The number of rotatable bonds is 22. The summed E-state index contributed by atoms with van der Waals surface area (Å²) in [7, 11) is 0. The van der Waals surface area contributed by atoms with E-state index in [1.165, 1.54) is 24.3 Å². The monoisotopic (exact) mass is 744 g/mol. The van der Waals surface area contributed by atoms with Crippen molar-refractivity contribution in [3.8, 4) is 0 Å².